The van der Waals surface area contributed by atoms with Gasteiger partial charge < -0.3 is 24.3 Å². The van der Waals surface area contributed by atoms with Crippen molar-refractivity contribution in [2.45, 2.75) is 50.9 Å². The van der Waals surface area contributed by atoms with E-state index in [-0.39, 0.29) is 51.0 Å². The SMILES string of the molecule is C=C=O.O=C(CCN1C(=O)C=CC1=O)NCCCCC1COC(c2ccc(OCCOC(=O)N3C(=O)CCC3=O)cc2)O1. The van der Waals surface area contributed by atoms with E-state index in [1.54, 1.807) is 12.1 Å². The number of benzene rings is 1. The van der Waals surface area contributed by atoms with Crippen molar-refractivity contribution in [3.05, 3.63) is 48.6 Å². The van der Waals surface area contributed by atoms with Crippen molar-refractivity contribution in [1.82, 2.24) is 15.1 Å². The van der Waals surface area contributed by atoms with Crippen molar-refractivity contribution in [2.75, 3.05) is 32.9 Å². The number of nitrogens with zero attached hydrogens (tertiary/aromatic N) is 2. The number of hydrogen-bond acceptors (Lipinski definition) is 11. The van der Waals surface area contributed by atoms with Gasteiger partial charge in [-0.05, 0) is 38.0 Å². The van der Waals surface area contributed by atoms with Gasteiger partial charge in [-0.2, -0.15) is 4.90 Å². The molecule has 1 aromatic carbocycles. The van der Waals surface area contributed by atoms with Crippen molar-refractivity contribution in [2.24, 2.45) is 0 Å². The van der Waals surface area contributed by atoms with Gasteiger partial charge in [-0.25, -0.2) is 9.59 Å². The lowest BCUT2D eigenvalue weighted by atomic mass is 10.1. The number of ether oxygens (including phenoxy) is 4. The monoisotopic (exact) mass is 599 g/mol. The Morgan fingerprint density at radius 1 is 1.00 bits per heavy atom. The second-order valence-electron chi connectivity index (χ2n) is 9.48. The van der Waals surface area contributed by atoms with Crippen LogP contribution in [0.15, 0.2) is 43.0 Å². The summed E-state index contributed by atoms with van der Waals surface area (Å²) in [6.07, 6.45) is 3.29. The highest BCUT2D eigenvalue weighted by Crippen LogP contribution is 2.30. The van der Waals surface area contributed by atoms with E-state index in [0.717, 1.165) is 29.7 Å². The lowest BCUT2D eigenvalue weighted by Gasteiger charge is -2.14. The Labute approximate surface area is 247 Å². The van der Waals surface area contributed by atoms with Crippen LogP contribution >= 0.6 is 0 Å². The Morgan fingerprint density at radius 3 is 2.30 bits per heavy atom. The quantitative estimate of drug-likeness (QED) is 0.197. The van der Waals surface area contributed by atoms with Crippen LogP contribution in [-0.2, 0) is 43.0 Å². The number of amides is 6. The Kier molecular flexibility index (Phi) is 12.8. The second kappa shape index (κ2) is 16.7. The summed E-state index contributed by atoms with van der Waals surface area (Å²) in [5.74, 6) is -0.329. The average Bonchev–Trinajstić information content (AvgIpc) is 3.69. The van der Waals surface area contributed by atoms with Gasteiger partial charge in [0.1, 0.15) is 24.9 Å². The predicted molar refractivity (Wildman–Crippen MR) is 147 cm³/mol. The molecule has 14 nitrogen and oxygen atoms in total. The summed E-state index contributed by atoms with van der Waals surface area (Å²) < 4.78 is 22.2. The molecule has 14 heteroatoms. The third-order valence-electron chi connectivity index (χ3n) is 6.45. The molecule has 0 bridgehead atoms. The highest BCUT2D eigenvalue weighted by molar-refractivity contribution is 6.13. The van der Waals surface area contributed by atoms with Crippen LogP contribution in [0.2, 0.25) is 0 Å². The first kappa shape index (κ1) is 32.9. The van der Waals surface area contributed by atoms with E-state index in [4.69, 9.17) is 23.7 Å². The molecule has 3 aliphatic rings. The highest BCUT2D eigenvalue weighted by Gasteiger charge is 2.35. The molecule has 0 aromatic heterocycles. The van der Waals surface area contributed by atoms with Crippen LogP contribution in [0.3, 0.4) is 0 Å². The number of carbonyl (C=O) groups is 6. The third-order valence-corrected chi connectivity index (χ3v) is 6.45. The first-order valence-electron chi connectivity index (χ1n) is 13.7. The molecule has 3 heterocycles. The molecule has 1 aromatic rings. The molecule has 0 spiro atoms. The van der Waals surface area contributed by atoms with E-state index in [0.29, 0.717) is 23.8 Å². The Bertz CT molecular complexity index is 1220. The summed E-state index contributed by atoms with van der Waals surface area (Å²) in [4.78, 5) is 80.0. The first-order chi connectivity index (χ1) is 20.7. The molecular weight excluding hydrogens is 566 g/mol. The molecule has 3 aliphatic heterocycles. The van der Waals surface area contributed by atoms with Crippen molar-refractivity contribution >= 4 is 41.6 Å². The van der Waals surface area contributed by atoms with Crippen LogP contribution in [0.25, 0.3) is 0 Å². The standard InChI is InChI=1S/C27H31N3O10.C2H2O/c31-21(12-14-29-22(32)8-9-23(29)33)28-13-2-1-3-20-17-39-26(40-20)18-4-6-19(7-5-18)37-15-16-38-27(36)30-24(34)10-11-25(30)35;1-2-3/h4-9,20,26H,1-3,10-17H2,(H,28,31);1H2. The van der Waals surface area contributed by atoms with Gasteiger partial charge >= 0.3 is 6.09 Å². The molecule has 230 valence electrons. The molecule has 1 N–H and O–H groups in total. The smallest absolute Gasteiger partial charge is 0.423 e. The maximum atomic E-state index is 11.9. The molecule has 0 radical (unpaired) electrons. The number of unbranched alkanes of at least 4 members (excludes halogenated alkanes) is 1. The fourth-order valence-corrected chi connectivity index (χ4v) is 4.31. The molecule has 6 amide bonds. The van der Waals surface area contributed by atoms with Crippen molar-refractivity contribution in [3.8, 4) is 5.75 Å². The van der Waals surface area contributed by atoms with Gasteiger partial charge in [0.05, 0.1) is 12.7 Å². The summed E-state index contributed by atoms with van der Waals surface area (Å²) in [5, 5.41) is 2.80. The van der Waals surface area contributed by atoms with E-state index in [9.17, 15) is 28.8 Å². The molecule has 2 atom stereocenters. The van der Waals surface area contributed by atoms with Gasteiger partial charge in [-0.3, -0.25) is 28.9 Å². The Morgan fingerprint density at radius 2 is 1.65 bits per heavy atom. The summed E-state index contributed by atoms with van der Waals surface area (Å²) in [5.41, 5.74) is 0.824. The normalized spacial score (nSPS) is 19.3. The number of carbonyl (C=O) groups excluding carboxylic acids is 7. The van der Waals surface area contributed by atoms with Crippen molar-refractivity contribution in [1.29, 1.82) is 0 Å². The van der Waals surface area contributed by atoms with E-state index in [1.165, 1.54) is 18.1 Å². The van der Waals surface area contributed by atoms with Gasteiger partial charge in [0.2, 0.25) is 17.7 Å². The second-order valence-corrected chi connectivity index (χ2v) is 9.48. The van der Waals surface area contributed by atoms with Crippen LogP contribution in [0.1, 0.15) is 50.4 Å². The molecule has 2 fully saturated rings. The van der Waals surface area contributed by atoms with E-state index < -0.39 is 36.0 Å². The van der Waals surface area contributed by atoms with Crippen LogP contribution in [0, 0.1) is 0 Å². The summed E-state index contributed by atoms with van der Waals surface area (Å²) in [6.45, 7) is 3.63. The maximum absolute atomic E-state index is 11.9. The number of likely N-dealkylation sites (tertiary alicyclic amines) is 1. The van der Waals surface area contributed by atoms with Crippen LogP contribution < -0.4 is 10.1 Å². The van der Waals surface area contributed by atoms with Gasteiger partial charge in [-0.15, -0.1) is 0 Å². The van der Waals surface area contributed by atoms with Crippen LogP contribution in [0.5, 0.6) is 5.75 Å². The maximum Gasteiger partial charge on any atom is 0.423 e. The van der Waals surface area contributed by atoms with Crippen molar-refractivity contribution in [3.63, 3.8) is 0 Å². The molecule has 2 saturated heterocycles. The predicted octanol–water partition coefficient (Wildman–Crippen LogP) is 1.37. The third kappa shape index (κ3) is 9.99. The van der Waals surface area contributed by atoms with Crippen LogP contribution in [-0.4, -0.2) is 90.4 Å². The molecule has 0 aliphatic carbocycles. The Hall–Kier alpha value is -4.65. The van der Waals surface area contributed by atoms with Gasteiger partial charge in [0.15, 0.2) is 6.29 Å². The molecule has 43 heavy (non-hydrogen) atoms. The lowest BCUT2D eigenvalue weighted by molar-refractivity contribution is -0.138. The fourth-order valence-electron chi connectivity index (χ4n) is 4.31. The zero-order valence-corrected chi connectivity index (χ0v) is 23.5. The summed E-state index contributed by atoms with van der Waals surface area (Å²) in [6, 6.07) is 7.09. The minimum absolute atomic E-state index is 0.0142. The average molecular weight is 600 g/mol. The lowest BCUT2D eigenvalue weighted by Crippen LogP contribution is -2.36. The first-order valence-corrected chi connectivity index (χ1v) is 13.7. The fraction of sp³-hybridized carbons (Fsp3) is 0.448. The number of hydrogen-bond donors (Lipinski definition) is 1. The summed E-state index contributed by atoms with van der Waals surface area (Å²) in [7, 11) is 0. The van der Waals surface area contributed by atoms with Crippen molar-refractivity contribution < 1.29 is 52.5 Å². The van der Waals surface area contributed by atoms with E-state index >= 15 is 0 Å². The minimum Gasteiger partial charge on any atom is -0.490 e. The minimum atomic E-state index is -0.982. The van der Waals surface area contributed by atoms with E-state index in [2.05, 4.69) is 11.9 Å². The molecule has 4 rings (SSSR count). The number of rotatable bonds is 13. The molecular formula is C29H33N3O11. The Balaban J connectivity index is 0.00000162. The highest BCUT2D eigenvalue weighted by atomic mass is 16.7. The zero-order chi connectivity index (χ0) is 31.2. The van der Waals surface area contributed by atoms with Gasteiger partial charge in [-0.1, -0.05) is 12.1 Å². The summed E-state index contributed by atoms with van der Waals surface area (Å²) >= 11 is 0. The van der Waals surface area contributed by atoms with Gasteiger partial charge in [0, 0.05) is 50.1 Å². The molecule has 2 unspecified atom stereocenters. The molecule has 0 saturated carbocycles. The van der Waals surface area contributed by atoms with Gasteiger partial charge in [0.25, 0.3) is 11.8 Å². The van der Waals surface area contributed by atoms with E-state index in [1.807, 2.05) is 12.1 Å². The number of nitrogens with one attached hydrogen (secondary N) is 1. The van der Waals surface area contributed by atoms with Crippen LogP contribution in [0.4, 0.5) is 4.79 Å². The zero-order valence-electron chi connectivity index (χ0n) is 23.5. The topological polar surface area (TPSA) is 175 Å². The largest absolute Gasteiger partial charge is 0.490 e. The number of imide groups is 4.